The molecule has 0 saturated heterocycles. The fourth-order valence-electron chi connectivity index (χ4n) is 1.05. The number of benzene rings is 1. The SMILES string of the molecule is CC/C=N/NC(=O)COc1ccc([N+](=O)[O-])cc1. The van der Waals surface area contributed by atoms with Crippen LogP contribution in [0, 0.1) is 10.1 Å². The fourth-order valence-corrected chi connectivity index (χ4v) is 1.05. The van der Waals surface area contributed by atoms with Gasteiger partial charge in [0.25, 0.3) is 11.6 Å². The van der Waals surface area contributed by atoms with Crippen LogP contribution in [0.5, 0.6) is 5.75 Å². The standard InChI is InChI=1S/C11H13N3O4/c1-2-7-12-13-11(15)8-18-10-5-3-9(4-6-10)14(16)17/h3-7H,2,8H2,1H3,(H,13,15)/b12-7+. The van der Waals surface area contributed by atoms with Crippen LogP contribution in [-0.4, -0.2) is 23.7 Å². The molecule has 0 radical (unpaired) electrons. The van der Waals surface area contributed by atoms with Crippen molar-refractivity contribution in [1.82, 2.24) is 5.43 Å². The molecule has 0 atom stereocenters. The van der Waals surface area contributed by atoms with E-state index in [0.717, 1.165) is 6.42 Å². The lowest BCUT2D eigenvalue weighted by Gasteiger charge is -2.04. The molecular weight excluding hydrogens is 238 g/mol. The molecule has 0 aliphatic carbocycles. The maximum absolute atomic E-state index is 11.2. The predicted octanol–water partition coefficient (Wildman–Crippen LogP) is 1.49. The molecule has 18 heavy (non-hydrogen) atoms. The summed E-state index contributed by atoms with van der Waals surface area (Å²) in [6, 6.07) is 5.48. The molecule has 1 rings (SSSR count). The summed E-state index contributed by atoms with van der Waals surface area (Å²) in [5, 5.41) is 14.1. The predicted molar refractivity (Wildman–Crippen MR) is 65.5 cm³/mol. The normalized spacial score (nSPS) is 10.3. The monoisotopic (exact) mass is 251 g/mol. The van der Waals surface area contributed by atoms with Crippen molar-refractivity contribution in [2.75, 3.05) is 6.61 Å². The summed E-state index contributed by atoms with van der Waals surface area (Å²) in [5.41, 5.74) is 2.25. The lowest BCUT2D eigenvalue weighted by atomic mass is 10.3. The molecule has 7 heteroatoms. The first-order chi connectivity index (χ1) is 8.63. The highest BCUT2D eigenvalue weighted by atomic mass is 16.6. The minimum absolute atomic E-state index is 0.0284. The maximum Gasteiger partial charge on any atom is 0.277 e. The van der Waals surface area contributed by atoms with Crippen LogP contribution in [0.2, 0.25) is 0 Å². The summed E-state index contributed by atoms with van der Waals surface area (Å²) in [4.78, 5) is 21.1. The van der Waals surface area contributed by atoms with Crippen LogP contribution < -0.4 is 10.2 Å². The van der Waals surface area contributed by atoms with E-state index in [9.17, 15) is 14.9 Å². The van der Waals surface area contributed by atoms with Gasteiger partial charge in [-0.2, -0.15) is 5.10 Å². The van der Waals surface area contributed by atoms with Crippen LogP contribution in [0.25, 0.3) is 0 Å². The summed E-state index contributed by atoms with van der Waals surface area (Å²) in [6.45, 7) is 1.70. The molecule has 0 aliphatic heterocycles. The summed E-state index contributed by atoms with van der Waals surface area (Å²) in [5.74, 6) is -0.00623. The number of carbonyl (C=O) groups excluding carboxylic acids is 1. The summed E-state index contributed by atoms with van der Waals surface area (Å²) >= 11 is 0. The molecule has 0 spiro atoms. The number of hydrogen-bond donors (Lipinski definition) is 1. The highest BCUT2D eigenvalue weighted by molar-refractivity contribution is 5.78. The van der Waals surface area contributed by atoms with Gasteiger partial charge in [0, 0.05) is 18.3 Å². The van der Waals surface area contributed by atoms with E-state index in [2.05, 4.69) is 10.5 Å². The number of nitro benzene ring substituents is 1. The van der Waals surface area contributed by atoms with Gasteiger partial charge in [-0.1, -0.05) is 6.92 Å². The average Bonchev–Trinajstić information content (AvgIpc) is 2.37. The molecule has 0 unspecified atom stereocenters. The molecular formula is C11H13N3O4. The number of carbonyl (C=O) groups is 1. The first-order valence-corrected chi connectivity index (χ1v) is 5.31. The number of nitro groups is 1. The van der Waals surface area contributed by atoms with Crippen LogP contribution in [0.15, 0.2) is 29.4 Å². The number of nitrogens with one attached hydrogen (secondary N) is 1. The molecule has 0 aromatic heterocycles. The Morgan fingerprint density at radius 1 is 1.50 bits per heavy atom. The van der Waals surface area contributed by atoms with E-state index in [1.807, 2.05) is 6.92 Å². The molecule has 0 fully saturated rings. The minimum atomic E-state index is -0.504. The quantitative estimate of drug-likeness (QED) is 0.470. The lowest BCUT2D eigenvalue weighted by molar-refractivity contribution is -0.384. The second-order valence-electron chi connectivity index (χ2n) is 3.29. The number of non-ortho nitro benzene ring substituents is 1. The van der Waals surface area contributed by atoms with Gasteiger partial charge in [-0.15, -0.1) is 0 Å². The number of ether oxygens (including phenoxy) is 1. The van der Waals surface area contributed by atoms with Gasteiger partial charge in [0.2, 0.25) is 0 Å². The molecule has 1 aromatic carbocycles. The largest absolute Gasteiger partial charge is 0.484 e. The third kappa shape index (κ3) is 4.60. The number of rotatable bonds is 6. The van der Waals surface area contributed by atoms with Crippen LogP contribution in [-0.2, 0) is 4.79 Å². The van der Waals surface area contributed by atoms with E-state index in [4.69, 9.17) is 4.74 Å². The Hall–Kier alpha value is -2.44. The van der Waals surface area contributed by atoms with Gasteiger partial charge in [0.1, 0.15) is 5.75 Å². The van der Waals surface area contributed by atoms with Crippen molar-refractivity contribution in [3.63, 3.8) is 0 Å². The Bertz CT molecular complexity index is 442. The first-order valence-electron chi connectivity index (χ1n) is 5.31. The molecule has 1 aromatic rings. The summed E-state index contributed by atoms with van der Waals surface area (Å²) in [6.07, 6.45) is 2.28. The minimum Gasteiger partial charge on any atom is -0.484 e. The Morgan fingerprint density at radius 2 is 2.17 bits per heavy atom. The molecule has 1 amide bonds. The van der Waals surface area contributed by atoms with Gasteiger partial charge in [-0.25, -0.2) is 5.43 Å². The second-order valence-corrected chi connectivity index (χ2v) is 3.29. The molecule has 0 heterocycles. The topological polar surface area (TPSA) is 93.8 Å². The molecule has 0 saturated carbocycles. The molecule has 96 valence electrons. The Kier molecular flexibility index (Phi) is 5.30. The van der Waals surface area contributed by atoms with E-state index >= 15 is 0 Å². The van der Waals surface area contributed by atoms with Crippen molar-refractivity contribution in [3.8, 4) is 5.75 Å². The number of amides is 1. The molecule has 0 bridgehead atoms. The van der Waals surface area contributed by atoms with Gasteiger partial charge in [0.15, 0.2) is 6.61 Å². The zero-order valence-electron chi connectivity index (χ0n) is 9.83. The van der Waals surface area contributed by atoms with E-state index in [-0.39, 0.29) is 12.3 Å². The van der Waals surface area contributed by atoms with Crippen LogP contribution in [0.3, 0.4) is 0 Å². The average molecular weight is 251 g/mol. The zero-order chi connectivity index (χ0) is 13.4. The zero-order valence-corrected chi connectivity index (χ0v) is 9.83. The number of nitrogens with zero attached hydrogens (tertiary/aromatic N) is 2. The third-order valence-corrected chi connectivity index (χ3v) is 1.88. The second kappa shape index (κ2) is 7.00. The first kappa shape index (κ1) is 13.6. The number of hydrazone groups is 1. The van der Waals surface area contributed by atoms with E-state index in [1.54, 1.807) is 6.21 Å². The Labute approximate surface area is 104 Å². The van der Waals surface area contributed by atoms with Crippen LogP contribution >= 0.6 is 0 Å². The number of hydrogen-bond acceptors (Lipinski definition) is 5. The van der Waals surface area contributed by atoms with E-state index in [0.29, 0.717) is 5.75 Å². The van der Waals surface area contributed by atoms with Crippen molar-refractivity contribution in [1.29, 1.82) is 0 Å². The van der Waals surface area contributed by atoms with E-state index < -0.39 is 10.8 Å². The summed E-state index contributed by atoms with van der Waals surface area (Å²) in [7, 11) is 0. The Balaban J connectivity index is 2.41. The van der Waals surface area contributed by atoms with Crippen molar-refractivity contribution in [2.45, 2.75) is 13.3 Å². The van der Waals surface area contributed by atoms with Gasteiger partial charge in [0.05, 0.1) is 4.92 Å². The van der Waals surface area contributed by atoms with Gasteiger partial charge in [-0.05, 0) is 18.6 Å². The summed E-state index contributed by atoms with van der Waals surface area (Å²) < 4.78 is 5.12. The van der Waals surface area contributed by atoms with Crippen molar-refractivity contribution in [2.24, 2.45) is 5.10 Å². The van der Waals surface area contributed by atoms with Gasteiger partial charge >= 0.3 is 0 Å². The fraction of sp³-hybridized carbons (Fsp3) is 0.273. The lowest BCUT2D eigenvalue weighted by Crippen LogP contribution is -2.24. The van der Waals surface area contributed by atoms with Crippen molar-refractivity contribution in [3.05, 3.63) is 34.4 Å². The van der Waals surface area contributed by atoms with Crippen molar-refractivity contribution < 1.29 is 14.5 Å². The molecule has 0 aliphatic rings. The smallest absolute Gasteiger partial charge is 0.277 e. The van der Waals surface area contributed by atoms with Crippen LogP contribution in [0.1, 0.15) is 13.3 Å². The van der Waals surface area contributed by atoms with Gasteiger partial charge < -0.3 is 4.74 Å². The highest BCUT2D eigenvalue weighted by Gasteiger charge is 2.05. The highest BCUT2D eigenvalue weighted by Crippen LogP contribution is 2.16. The van der Waals surface area contributed by atoms with Gasteiger partial charge in [-0.3, -0.25) is 14.9 Å². The molecule has 1 N–H and O–H groups in total. The van der Waals surface area contributed by atoms with E-state index in [1.165, 1.54) is 24.3 Å². The molecule has 7 nitrogen and oxygen atoms in total. The third-order valence-electron chi connectivity index (χ3n) is 1.88. The van der Waals surface area contributed by atoms with Crippen molar-refractivity contribution >= 4 is 17.8 Å². The van der Waals surface area contributed by atoms with Crippen LogP contribution in [0.4, 0.5) is 5.69 Å². The Morgan fingerprint density at radius 3 is 2.72 bits per heavy atom. The maximum atomic E-state index is 11.2.